The SMILES string of the molecule is C=CCn1c(COc2ccccc2F)nnc1SCC(=O)c1ccc(F)c(F)c1. The summed E-state index contributed by atoms with van der Waals surface area (Å²) in [4.78, 5) is 12.3. The second kappa shape index (κ2) is 9.42. The molecule has 9 heteroatoms. The number of benzene rings is 2. The number of carbonyl (C=O) groups is 1. The van der Waals surface area contributed by atoms with Crippen molar-refractivity contribution in [2.75, 3.05) is 5.75 Å². The minimum atomic E-state index is -1.08. The lowest BCUT2D eigenvalue weighted by molar-refractivity contribution is 0.102. The van der Waals surface area contributed by atoms with Gasteiger partial charge in [0.2, 0.25) is 0 Å². The molecule has 0 spiro atoms. The summed E-state index contributed by atoms with van der Waals surface area (Å²) in [5, 5.41) is 8.49. The first kappa shape index (κ1) is 20.7. The largest absolute Gasteiger partial charge is 0.483 e. The molecule has 0 fully saturated rings. The molecule has 1 aromatic heterocycles. The molecule has 1 heterocycles. The minimum absolute atomic E-state index is 0.0283. The molecule has 150 valence electrons. The average Bonchev–Trinajstić information content (AvgIpc) is 3.09. The number of allylic oxidation sites excluding steroid dienone is 1. The number of hydrogen-bond acceptors (Lipinski definition) is 5. The Morgan fingerprint density at radius 3 is 2.62 bits per heavy atom. The molecule has 0 amide bonds. The predicted molar refractivity (Wildman–Crippen MR) is 102 cm³/mol. The van der Waals surface area contributed by atoms with Crippen molar-refractivity contribution < 1.29 is 22.7 Å². The maximum atomic E-state index is 13.7. The van der Waals surface area contributed by atoms with Gasteiger partial charge < -0.3 is 4.74 Å². The first-order valence-electron chi connectivity index (χ1n) is 8.51. The molecule has 0 radical (unpaired) electrons. The van der Waals surface area contributed by atoms with Crippen molar-refractivity contribution >= 4 is 17.5 Å². The summed E-state index contributed by atoms with van der Waals surface area (Å²) >= 11 is 1.09. The summed E-state index contributed by atoms with van der Waals surface area (Å²) in [5.41, 5.74) is 0.0642. The Morgan fingerprint density at radius 1 is 1.10 bits per heavy atom. The number of ether oxygens (including phenoxy) is 1. The quantitative estimate of drug-likeness (QED) is 0.292. The van der Waals surface area contributed by atoms with Gasteiger partial charge in [-0.3, -0.25) is 9.36 Å². The number of carbonyl (C=O) groups excluding carboxylic acids is 1. The molecule has 29 heavy (non-hydrogen) atoms. The first-order chi connectivity index (χ1) is 14.0. The lowest BCUT2D eigenvalue weighted by atomic mass is 10.1. The minimum Gasteiger partial charge on any atom is -0.483 e. The Morgan fingerprint density at radius 2 is 1.90 bits per heavy atom. The van der Waals surface area contributed by atoms with Gasteiger partial charge in [0.25, 0.3) is 0 Å². The topological polar surface area (TPSA) is 57.0 Å². The zero-order valence-corrected chi connectivity index (χ0v) is 16.0. The van der Waals surface area contributed by atoms with E-state index in [-0.39, 0.29) is 29.5 Å². The van der Waals surface area contributed by atoms with Crippen LogP contribution in [0.1, 0.15) is 16.2 Å². The Bertz CT molecular complexity index is 1040. The van der Waals surface area contributed by atoms with Crippen LogP contribution in [-0.4, -0.2) is 26.3 Å². The third-order valence-corrected chi connectivity index (χ3v) is 4.84. The van der Waals surface area contributed by atoms with Gasteiger partial charge in [0.05, 0.1) is 5.75 Å². The zero-order valence-electron chi connectivity index (χ0n) is 15.1. The molecule has 2 aromatic carbocycles. The summed E-state index contributed by atoms with van der Waals surface area (Å²) in [7, 11) is 0. The number of ketones is 1. The monoisotopic (exact) mass is 419 g/mol. The molecule has 0 unspecified atom stereocenters. The van der Waals surface area contributed by atoms with Crippen molar-refractivity contribution in [1.29, 1.82) is 0 Å². The zero-order chi connectivity index (χ0) is 20.8. The summed E-state index contributed by atoms with van der Waals surface area (Å²) in [6, 6.07) is 8.99. The number of aromatic nitrogens is 3. The van der Waals surface area contributed by atoms with Crippen LogP contribution in [0.4, 0.5) is 13.2 Å². The molecule has 0 N–H and O–H groups in total. The fourth-order valence-electron chi connectivity index (χ4n) is 2.43. The van der Waals surface area contributed by atoms with Crippen molar-refractivity contribution in [3.05, 3.63) is 84.0 Å². The van der Waals surface area contributed by atoms with Crippen LogP contribution in [-0.2, 0) is 13.2 Å². The average molecular weight is 419 g/mol. The van der Waals surface area contributed by atoms with E-state index >= 15 is 0 Å². The molecule has 3 aromatic rings. The van der Waals surface area contributed by atoms with Gasteiger partial charge in [0.1, 0.15) is 6.61 Å². The van der Waals surface area contributed by atoms with Crippen molar-refractivity contribution in [1.82, 2.24) is 14.8 Å². The molecule has 0 bridgehead atoms. The van der Waals surface area contributed by atoms with Gasteiger partial charge in [-0.25, -0.2) is 13.2 Å². The summed E-state index contributed by atoms with van der Waals surface area (Å²) < 4.78 is 47.2. The number of thioether (sulfide) groups is 1. The highest BCUT2D eigenvalue weighted by Crippen LogP contribution is 2.21. The van der Waals surface area contributed by atoms with Gasteiger partial charge in [-0.2, -0.15) is 0 Å². The van der Waals surface area contributed by atoms with Gasteiger partial charge in [-0.1, -0.05) is 30.0 Å². The number of nitrogens with zero attached hydrogens (tertiary/aromatic N) is 3. The third kappa shape index (κ3) is 5.05. The molecule has 0 aliphatic heterocycles. The Hall–Kier alpha value is -3.07. The highest BCUT2D eigenvalue weighted by Gasteiger charge is 2.16. The van der Waals surface area contributed by atoms with E-state index in [0.717, 1.165) is 23.9 Å². The van der Waals surface area contributed by atoms with Crippen LogP contribution in [0.3, 0.4) is 0 Å². The maximum absolute atomic E-state index is 13.7. The van der Waals surface area contributed by atoms with E-state index in [1.165, 1.54) is 18.2 Å². The summed E-state index contributed by atoms with van der Waals surface area (Å²) in [6.07, 6.45) is 1.62. The second-order valence-corrected chi connectivity index (χ2v) is 6.80. The predicted octanol–water partition coefficient (Wildman–Crippen LogP) is 4.44. The van der Waals surface area contributed by atoms with Crippen molar-refractivity contribution in [2.45, 2.75) is 18.3 Å². The molecule has 0 atom stereocenters. The third-order valence-electron chi connectivity index (χ3n) is 3.87. The van der Waals surface area contributed by atoms with Crippen LogP contribution < -0.4 is 4.74 Å². The van der Waals surface area contributed by atoms with E-state index in [9.17, 15) is 18.0 Å². The number of rotatable bonds is 9. The standard InChI is InChI=1S/C20H16F3N3O2S/c1-2-9-26-19(11-28-18-6-4-3-5-15(18)22)24-25-20(26)29-12-17(27)13-7-8-14(21)16(23)10-13/h2-8,10H,1,9,11-12H2. The molecule has 5 nitrogen and oxygen atoms in total. The van der Waals surface area contributed by atoms with Gasteiger partial charge in [0.15, 0.2) is 40.0 Å². The number of Topliss-reactive ketones (excluding diaryl/α,β-unsaturated/α-hetero) is 1. The van der Waals surface area contributed by atoms with E-state index in [4.69, 9.17) is 4.74 Å². The summed E-state index contributed by atoms with van der Waals surface area (Å²) in [5.74, 6) is -2.50. The number of hydrogen-bond donors (Lipinski definition) is 0. The lowest BCUT2D eigenvalue weighted by Gasteiger charge is -2.09. The van der Waals surface area contributed by atoms with Gasteiger partial charge in [-0.05, 0) is 30.3 Å². The number of halogens is 3. The van der Waals surface area contributed by atoms with Crippen molar-refractivity contribution in [3.63, 3.8) is 0 Å². The van der Waals surface area contributed by atoms with Gasteiger partial charge in [-0.15, -0.1) is 16.8 Å². The van der Waals surface area contributed by atoms with E-state index in [0.29, 0.717) is 17.5 Å². The smallest absolute Gasteiger partial charge is 0.192 e. The van der Waals surface area contributed by atoms with Crippen LogP contribution in [0.25, 0.3) is 0 Å². The van der Waals surface area contributed by atoms with Crippen molar-refractivity contribution in [3.8, 4) is 5.75 Å². The fraction of sp³-hybridized carbons (Fsp3) is 0.150. The highest BCUT2D eigenvalue weighted by molar-refractivity contribution is 7.99. The fourth-order valence-corrected chi connectivity index (χ4v) is 3.29. The second-order valence-electron chi connectivity index (χ2n) is 5.86. The molecule has 3 rings (SSSR count). The normalized spacial score (nSPS) is 10.7. The lowest BCUT2D eigenvalue weighted by Crippen LogP contribution is -2.09. The van der Waals surface area contributed by atoms with Crippen LogP contribution in [0.2, 0.25) is 0 Å². The van der Waals surface area contributed by atoms with Crippen LogP contribution in [0.15, 0.2) is 60.3 Å². The summed E-state index contributed by atoms with van der Waals surface area (Å²) in [6.45, 7) is 4.00. The number of para-hydroxylation sites is 1. The molecular weight excluding hydrogens is 403 g/mol. The molecule has 0 saturated heterocycles. The molecule has 0 saturated carbocycles. The highest BCUT2D eigenvalue weighted by atomic mass is 32.2. The van der Waals surface area contributed by atoms with E-state index in [1.54, 1.807) is 22.8 Å². The Labute approximate surface area is 169 Å². The van der Waals surface area contributed by atoms with Crippen LogP contribution in [0.5, 0.6) is 5.75 Å². The van der Waals surface area contributed by atoms with Crippen LogP contribution in [0, 0.1) is 17.5 Å². The van der Waals surface area contributed by atoms with Gasteiger partial charge in [0, 0.05) is 12.1 Å². The van der Waals surface area contributed by atoms with Crippen molar-refractivity contribution in [2.24, 2.45) is 0 Å². The molecular formula is C20H16F3N3O2S. The van der Waals surface area contributed by atoms with E-state index in [1.807, 2.05) is 0 Å². The van der Waals surface area contributed by atoms with Crippen LogP contribution >= 0.6 is 11.8 Å². The molecule has 0 aliphatic rings. The van der Waals surface area contributed by atoms with Gasteiger partial charge >= 0.3 is 0 Å². The molecule has 0 aliphatic carbocycles. The van der Waals surface area contributed by atoms with E-state index in [2.05, 4.69) is 16.8 Å². The van der Waals surface area contributed by atoms with E-state index < -0.39 is 17.5 Å². The first-order valence-corrected chi connectivity index (χ1v) is 9.49. The Kier molecular flexibility index (Phi) is 6.71. The maximum Gasteiger partial charge on any atom is 0.192 e. The Balaban J connectivity index is 1.69.